The fourth-order valence-corrected chi connectivity index (χ4v) is 4.61. The average molecular weight is 278 g/mol. The Bertz CT molecular complexity index is 370. The van der Waals surface area contributed by atoms with E-state index in [2.05, 4.69) is 35.1 Å². The van der Waals surface area contributed by atoms with Crippen LogP contribution >= 0.6 is 11.3 Å². The molecule has 2 nitrogen and oxygen atoms in total. The summed E-state index contributed by atoms with van der Waals surface area (Å²) < 4.78 is 0. The normalized spacial score (nSPS) is 33.4. The van der Waals surface area contributed by atoms with Gasteiger partial charge in [0.1, 0.15) is 0 Å². The van der Waals surface area contributed by atoms with Gasteiger partial charge in [0.15, 0.2) is 0 Å². The molecule has 1 aromatic rings. The molecule has 3 unspecified atom stereocenters. The molecule has 0 amide bonds. The van der Waals surface area contributed by atoms with Crippen LogP contribution in [-0.4, -0.2) is 18.6 Å². The Labute approximate surface area is 121 Å². The molecular formula is C16H26N2S. The van der Waals surface area contributed by atoms with Crippen LogP contribution in [0.2, 0.25) is 0 Å². The summed E-state index contributed by atoms with van der Waals surface area (Å²) in [5.41, 5.74) is 0. The number of thiophene rings is 1. The lowest BCUT2D eigenvalue weighted by Crippen LogP contribution is -2.47. The van der Waals surface area contributed by atoms with Crippen LogP contribution in [0.25, 0.3) is 0 Å². The number of rotatable bonds is 4. The zero-order valence-corrected chi connectivity index (χ0v) is 12.7. The molecule has 2 N–H and O–H groups in total. The van der Waals surface area contributed by atoms with E-state index in [0.717, 1.165) is 12.0 Å². The summed E-state index contributed by atoms with van der Waals surface area (Å²) in [4.78, 5) is 1.48. The fraction of sp³-hybridized carbons (Fsp3) is 0.750. The summed E-state index contributed by atoms with van der Waals surface area (Å²) in [6.45, 7) is 3.55. The maximum Gasteiger partial charge on any atom is 0.0388 e. The van der Waals surface area contributed by atoms with Gasteiger partial charge < -0.3 is 10.6 Å². The maximum absolute atomic E-state index is 3.92. The summed E-state index contributed by atoms with van der Waals surface area (Å²) in [5.74, 6) is 0.846. The third kappa shape index (κ3) is 3.21. The smallest absolute Gasteiger partial charge is 0.0388 e. The molecule has 1 saturated heterocycles. The summed E-state index contributed by atoms with van der Waals surface area (Å²) in [7, 11) is 0. The van der Waals surface area contributed by atoms with E-state index < -0.39 is 0 Å². The first-order chi connectivity index (χ1) is 9.34. The van der Waals surface area contributed by atoms with Crippen molar-refractivity contribution in [2.75, 3.05) is 6.54 Å². The van der Waals surface area contributed by atoms with Crippen molar-refractivity contribution < 1.29 is 0 Å². The predicted octanol–water partition coefficient (Wildman–Crippen LogP) is 3.71. The first kappa shape index (κ1) is 13.6. The highest BCUT2D eigenvalue weighted by Crippen LogP contribution is 2.32. The van der Waals surface area contributed by atoms with Gasteiger partial charge in [0.05, 0.1) is 0 Å². The van der Waals surface area contributed by atoms with E-state index in [1.807, 2.05) is 11.3 Å². The minimum Gasteiger partial charge on any atom is -0.314 e. The second kappa shape index (κ2) is 6.38. The van der Waals surface area contributed by atoms with Crippen molar-refractivity contribution in [3.05, 3.63) is 22.4 Å². The van der Waals surface area contributed by atoms with E-state index in [9.17, 15) is 0 Å². The second-order valence-corrected chi connectivity index (χ2v) is 7.14. The first-order valence-electron chi connectivity index (χ1n) is 7.87. The molecule has 1 aliphatic heterocycles. The highest BCUT2D eigenvalue weighted by Gasteiger charge is 2.33. The van der Waals surface area contributed by atoms with Crippen molar-refractivity contribution in [1.29, 1.82) is 0 Å². The molecule has 19 heavy (non-hydrogen) atoms. The summed E-state index contributed by atoms with van der Waals surface area (Å²) >= 11 is 1.87. The molecule has 3 heteroatoms. The molecule has 3 rings (SSSR count). The van der Waals surface area contributed by atoms with Crippen molar-refractivity contribution >= 4 is 11.3 Å². The standard InChI is InChI=1S/C16H26N2S/c1-12(16-9-5-11-19-16)18-15-7-3-2-6-13(15)14-8-4-10-17-14/h5,9,11-15,17-18H,2-4,6-8,10H2,1H3/t12-,13?,14?,15?/m1/s1. The van der Waals surface area contributed by atoms with Gasteiger partial charge in [-0.25, -0.2) is 0 Å². The van der Waals surface area contributed by atoms with Crippen LogP contribution in [0.1, 0.15) is 56.4 Å². The third-order valence-corrected chi connectivity index (χ3v) is 5.92. The van der Waals surface area contributed by atoms with E-state index in [1.54, 1.807) is 0 Å². The van der Waals surface area contributed by atoms with Gasteiger partial charge in [-0.15, -0.1) is 11.3 Å². The van der Waals surface area contributed by atoms with Gasteiger partial charge in [-0.1, -0.05) is 18.9 Å². The van der Waals surface area contributed by atoms with Crippen LogP contribution in [-0.2, 0) is 0 Å². The predicted molar refractivity (Wildman–Crippen MR) is 82.6 cm³/mol. The number of hydrogen-bond acceptors (Lipinski definition) is 3. The van der Waals surface area contributed by atoms with Crippen LogP contribution in [0.4, 0.5) is 0 Å². The minimum absolute atomic E-state index is 0.506. The van der Waals surface area contributed by atoms with Gasteiger partial charge in [-0.2, -0.15) is 0 Å². The van der Waals surface area contributed by atoms with Crippen molar-refractivity contribution in [2.24, 2.45) is 5.92 Å². The Morgan fingerprint density at radius 3 is 2.89 bits per heavy atom. The molecule has 1 aliphatic carbocycles. The zero-order chi connectivity index (χ0) is 13.1. The Morgan fingerprint density at radius 2 is 2.16 bits per heavy atom. The van der Waals surface area contributed by atoms with Gasteiger partial charge in [0.2, 0.25) is 0 Å². The Morgan fingerprint density at radius 1 is 1.26 bits per heavy atom. The second-order valence-electron chi connectivity index (χ2n) is 6.16. The maximum atomic E-state index is 3.92. The molecule has 0 radical (unpaired) electrons. The lowest BCUT2D eigenvalue weighted by atomic mass is 9.79. The van der Waals surface area contributed by atoms with E-state index in [0.29, 0.717) is 12.1 Å². The van der Waals surface area contributed by atoms with Gasteiger partial charge >= 0.3 is 0 Å². The van der Waals surface area contributed by atoms with E-state index >= 15 is 0 Å². The van der Waals surface area contributed by atoms with Crippen LogP contribution in [0, 0.1) is 5.92 Å². The van der Waals surface area contributed by atoms with E-state index in [1.165, 1.54) is 49.9 Å². The molecule has 2 fully saturated rings. The monoisotopic (exact) mass is 278 g/mol. The number of hydrogen-bond donors (Lipinski definition) is 2. The molecule has 0 aromatic carbocycles. The van der Waals surface area contributed by atoms with Gasteiger partial charge in [0, 0.05) is 23.0 Å². The minimum atomic E-state index is 0.506. The molecule has 106 valence electrons. The van der Waals surface area contributed by atoms with Gasteiger partial charge in [0.25, 0.3) is 0 Å². The van der Waals surface area contributed by atoms with Gasteiger partial charge in [-0.3, -0.25) is 0 Å². The lowest BCUT2D eigenvalue weighted by Gasteiger charge is -2.37. The van der Waals surface area contributed by atoms with Crippen LogP contribution < -0.4 is 10.6 Å². The Hall–Kier alpha value is -0.380. The van der Waals surface area contributed by atoms with E-state index in [4.69, 9.17) is 0 Å². The molecule has 2 heterocycles. The van der Waals surface area contributed by atoms with Crippen molar-refractivity contribution in [1.82, 2.24) is 10.6 Å². The highest BCUT2D eigenvalue weighted by molar-refractivity contribution is 7.10. The molecule has 1 aromatic heterocycles. The zero-order valence-electron chi connectivity index (χ0n) is 11.9. The molecule has 1 saturated carbocycles. The molecule has 2 aliphatic rings. The van der Waals surface area contributed by atoms with Crippen molar-refractivity contribution in [3.8, 4) is 0 Å². The van der Waals surface area contributed by atoms with Crippen LogP contribution in [0.15, 0.2) is 17.5 Å². The molecular weight excluding hydrogens is 252 g/mol. The van der Waals surface area contributed by atoms with Gasteiger partial charge in [-0.05, 0) is 56.5 Å². The van der Waals surface area contributed by atoms with Crippen LogP contribution in [0.5, 0.6) is 0 Å². The molecule has 0 spiro atoms. The quantitative estimate of drug-likeness (QED) is 0.877. The Balaban J connectivity index is 1.63. The summed E-state index contributed by atoms with van der Waals surface area (Å²) in [6, 6.07) is 6.41. The summed E-state index contributed by atoms with van der Waals surface area (Å²) in [5, 5.41) is 9.83. The topological polar surface area (TPSA) is 24.1 Å². The fourth-order valence-electron chi connectivity index (χ4n) is 3.87. The summed E-state index contributed by atoms with van der Waals surface area (Å²) in [6.07, 6.45) is 8.35. The molecule has 4 atom stereocenters. The SMILES string of the molecule is C[C@@H](NC1CCCCC1C1CCCN1)c1cccs1. The van der Waals surface area contributed by atoms with E-state index in [-0.39, 0.29) is 0 Å². The van der Waals surface area contributed by atoms with Crippen molar-refractivity contribution in [2.45, 2.75) is 63.6 Å². The van der Waals surface area contributed by atoms with Crippen LogP contribution in [0.3, 0.4) is 0 Å². The first-order valence-corrected chi connectivity index (χ1v) is 8.75. The third-order valence-electron chi connectivity index (χ3n) is 4.87. The lowest BCUT2D eigenvalue weighted by molar-refractivity contribution is 0.204. The average Bonchev–Trinajstić information content (AvgIpc) is 3.13. The number of nitrogens with one attached hydrogen (secondary N) is 2. The molecule has 0 bridgehead atoms. The van der Waals surface area contributed by atoms with Crippen molar-refractivity contribution in [3.63, 3.8) is 0 Å². The highest BCUT2D eigenvalue weighted by atomic mass is 32.1. The Kier molecular flexibility index (Phi) is 4.57. The largest absolute Gasteiger partial charge is 0.314 e.